The summed E-state index contributed by atoms with van der Waals surface area (Å²) in [7, 11) is 0. The highest BCUT2D eigenvalue weighted by Gasteiger charge is 2.42. The van der Waals surface area contributed by atoms with Crippen molar-refractivity contribution in [1.82, 2.24) is 5.32 Å². The van der Waals surface area contributed by atoms with Crippen LogP contribution in [0.5, 0.6) is 0 Å². The minimum Gasteiger partial charge on any atom is -0.462 e. The van der Waals surface area contributed by atoms with Crippen molar-refractivity contribution in [2.75, 3.05) is 19.7 Å². The number of esters is 1. The zero-order chi connectivity index (χ0) is 13.0. The maximum Gasteiger partial charge on any atom is 0.338 e. The van der Waals surface area contributed by atoms with Gasteiger partial charge >= 0.3 is 5.97 Å². The Labute approximate surface area is 104 Å². The Balaban J connectivity index is 1.90. The van der Waals surface area contributed by atoms with Crippen molar-refractivity contribution < 1.29 is 18.3 Å². The number of hydrogen-bond acceptors (Lipinski definition) is 3. The van der Waals surface area contributed by atoms with Gasteiger partial charge in [0.15, 0.2) is 0 Å². The summed E-state index contributed by atoms with van der Waals surface area (Å²) in [4.78, 5) is 11.6. The van der Waals surface area contributed by atoms with Crippen molar-refractivity contribution in [2.45, 2.75) is 12.3 Å². The molecule has 1 N–H and O–H groups in total. The number of carbonyl (C=O) groups excluding carboxylic acids is 1. The first-order valence-corrected chi connectivity index (χ1v) is 5.90. The van der Waals surface area contributed by atoms with Crippen molar-refractivity contribution in [3.63, 3.8) is 0 Å². The van der Waals surface area contributed by atoms with E-state index in [1.54, 1.807) is 30.3 Å². The lowest BCUT2D eigenvalue weighted by atomic mass is 9.95. The molecule has 1 aromatic rings. The average Bonchev–Trinajstić information content (AvgIpc) is 2.38. The summed E-state index contributed by atoms with van der Waals surface area (Å²) in [5, 5.41) is 2.63. The molecular formula is C13H15F2NO2. The van der Waals surface area contributed by atoms with E-state index in [4.69, 9.17) is 4.74 Å². The average molecular weight is 255 g/mol. The third-order valence-electron chi connectivity index (χ3n) is 3.05. The fourth-order valence-electron chi connectivity index (χ4n) is 1.93. The molecule has 1 atom stereocenters. The highest BCUT2D eigenvalue weighted by molar-refractivity contribution is 5.89. The molecule has 1 unspecified atom stereocenters. The molecule has 0 spiro atoms. The summed E-state index contributed by atoms with van der Waals surface area (Å²) in [6, 6.07) is 8.38. The van der Waals surface area contributed by atoms with Gasteiger partial charge in [-0.25, -0.2) is 13.6 Å². The lowest BCUT2D eigenvalue weighted by molar-refractivity contribution is -0.0923. The number of piperidine rings is 1. The van der Waals surface area contributed by atoms with Crippen LogP contribution in [0.4, 0.5) is 8.78 Å². The van der Waals surface area contributed by atoms with Crippen LogP contribution in [-0.4, -0.2) is 31.6 Å². The molecule has 5 heteroatoms. The normalized spacial score (nSPS) is 22.4. The zero-order valence-electron chi connectivity index (χ0n) is 9.86. The first-order chi connectivity index (χ1) is 8.59. The van der Waals surface area contributed by atoms with Gasteiger partial charge in [0.25, 0.3) is 5.92 Å². The molecule has 2 rings (SSSR count). The molecule has 1 aliphatic heterocycles. The van der Waals surface area contributed by atoms with Gasteiger partial charge in [0, 0.05) is 0 Å². The predicted octanol–water partition coefficient (Wildman–Crippen LogP) is 2.09. The van der Waals surface area contributed by atoms with Gasteiger partial charge in [0.05, 0.1) is 18.0 Å². The van der Waals surface area contributed by atoms with Crippen LogP contribution in [0.15, 0.2) is 30.3 Å². The van der Waals surface area contributed by atoms with Gasteiger partial charge in [-0.2, -0.15) is 0 Å². The summed E-state index contributed by atoms with van der Waals surface area (Å²) < 4.78 is 31.9. The number of ether oxygens (including phenoxy) is 1. The van der Waals surface area contributed by atoms with Crippen molar-refractivity contribution in [3.05, 3.63) is 35.9 Å². The fraction of sp³-hybridized carbons (Fsp3) is 0.462. The Hall–Kier alpha value is -1.49. The Morgan fingerprint density at radius 3 is 2.78 bits per heavy atom. The summed E-state index contributed by atoms with van der Waals surface area (Å²) in [6.45, 7) is -0.0495. The van der Waals surface area contributed by atoms with Crippen LogP contribution in [0.2, 0.25) is 0 Å². The Kier molecular flexibility index (Phi) is 3.91. The van der Waals surface area contributed by atoms with Crippen molar-refractivity contribution in [3.8, 4) is 0 Å². The van der Waals surface area contributed by atoms with E-state index in [1.165, 1.54) is 0 Å². The molecule has 0 saturated carbocycles. The third kappa shape index (κ3) is 3.04. The number of rotatable bonds is 3. The minimum atomic E-state index is -2.81. The molecule has 0 aromatic heterocycles. The van der Waals surface area contributed by atoms with E-state index in [0.29, 0.717) is 18.5 Å². The largest absolute Gasteiger partial charge is 0.462 e. The van der Waals surface area contributed by atoms with Gasteiger partial charge in [-0.3, -0.25) is 0 Å². The molecule has 0 bridgehead atoms. The third-order valence-corrected chi connectivity index (χ3v) is 3.05. The van der Waals surface area contributed by atoms with Gasteiger partial charge in [0.1, 0.15) is 6.61 Å². The molecule has 1 heterocycles. The van der Waals surface area contributed by atoms with Crippen LogP contribution in [0.1, 0.15) is 16.8 Å². The number of alkyl halides is 2. The molecule has 1 fully saturated rings. The highest BCUT2D eigenvalue weighted by atomic mass is 19.3. The molecule has 0 radical (unpaired) electrons. The summed E-state index contributed by atoms with van der Waals surface area (Å²) in [5.74, 6) is -4.26. The molecule has 3 nitrogen and oxygen atoms in total. The monoisotopic (exact) mass is 255 g/mol. The lowest BCUT2D eigenvalue weighted by Gasteiger charge is -2.31. The van der Waals surface area contributed by atoms with E-state index in [0.717, 1.165) is 0 Å². The van der Waals surface area contributed by atoms with E-state index in [1.807, 2.05) is 0 Å². The number of carbonyl (C=O) groups is 1. The quantitative estimate of drug-likeness (QED) is 0.840. The van der Waals surface area contributed by atoms with Crippen LogP contribution < -0.4 is 5.32 Å². The number of hydrogen-bond donors (Lipinski definition) is 1. The summed E-state index contributed by atoms with van der Waals surface area (Å²) >= 11 is 0. The maximum atomic E-state index is 13.5. The standard InChI is InChI=1S/C13H15F2NO2/c14-13(15)9-16-7-6-11(13)8-18-12(17)10-4-2-1-3-5-10/h1-5,11,16H,6-9H2. The van der Waals surface area contributed by atoms with Crippen LogP contribution in [0.25, 0.3) is 0 Å². The fourth-order valence-corrected chi connectivity index (χ4v) is 1.93. The van der Waals surface area contributed by atoms with E-state index < -0.39 is 17.8 Å². The number of nitrogens with one attached hydrogen (secondary N) is 1. The molecule has 1 aliphatic rings. The molecule has 1 saturated heterocycles. The Morgan fingerprint density at radius 1 is 1.39 bits per heavy atom. The molecule has 98 valence electrons. The molecule has 0 amide bonds. The van der Waals surface area contributed by atoms with Gasteiger partial charge in [-0.1, -0.05) is 18.2 Å². The van der Waals surface area contributed by atoms with Gasteiger partial charge < -0.3 is 10.1 Å². The van der Waals surface area contributed by atoms with Crippen LogP contribution in [-0.2, 0) is 4.74 Å². The van der Waals surface area contributed by atoms with Crippen LogP contribution >= 0.6 is 0 Å². The van der Waals surface area contributed by atoms with Crippen molar-refractivity contribution in [2.24, 2.45) is 5.92 Å². The molecule has 0 aliphatic carbocycles. The summed E-state index contributed by atoms with van der Waals surface area (Å²) in [5.41, 5.74) is 0.384. The molecular weight excluding hydrogens is 240 g/mol. The number of halogens is 2. The zero-order valence-corrected chi connectivity index (χ0v) is 9.86. The molecule has 18 heavy (non-hydrogen) atoms. The second-order valence-corrected chi connectivity index (χ2v) is 4.39. The van der Waals surface area contributed by atoms with Crippen molar-refractivity contribution in [1.29, 1.82) is 0 Å². The Bertz CT molecular complexity index is 409. The summed E-state index contributed by atoms with van der Waals surface area (Å²) in [6.07, 6.45) is 0.315. The highest BCUT2D eigenvalue weighted by Crippen LogP contribution is 2.29. The smallest absolute Gasteiger partial charge is 0.338 e. The Morgan fingerprint density at radius 2 is 2.11 bits per heavy atom. The van der Waals surface area contributed by atoms with Crippen molar-refractivity contribution >= 4 is 5.97 Å². The second-order valence-electron chi connectivity index (χ2n) is 4.39. The number of benzene rings is 1. The predicted molar refractivity (Wildman–Crippen MR) is 62.6 cm³/mol. The van der Waals surface area contributed by atoms with Gasteiger partial charge in [-0.15, -0.1) is 0 Å². The molecule has 1 aromatic carbocycles. The van der Waals surface area contributed by atoms with Crippen LogP contribution in [0, 0.1) is 5.92 Å². The van der Waals surface area contributed by atoms with Gasteiger partial charge in [0.2, 0.25) is 0 Å². The van der Waals surface area contributed by atoms with E-state index in [2.05, 4.69) is 5.32 Å². The minimum absolute atomic E-state index is 0.234. The van der Waals surface area contributed by atoms with E-state index in [-0.39, 0.29) is 13.2 Å². The first-order valence-electron chi connectivity index (χ1n) is 5.90. The SMILES string of the molecule is O=C(OCC1CCNCC1(F)F)c1ccccc1. The second kappa shape index (κ2) is 5.44. The first kappa shape index (κ1) is 13.0. The van der Waals surface area contributed by atoms with Crippen LogP contribution in [0.3, 0.4) is 0 Å². The van der Waals surface area contributed by atoms with E-state index >= 15 is 0 Å². The topological polar surface area (TPSA) is 38.3 Å². The lowest BCUT2D eigenvalue weighted by Crippen LogP contribution is -2.47. The van der Waals surface area contributed by atoms with Gasteiger partial charge in [-0.05, 0) is 25.1 Å². The maximum absolute atomic E-state index is 13.5. The van der Waals surface area contributed by atoms with E-state index in [9.17, 15) is 13.6 Å².